The SMILES string of the molecule is COc1cccc(CN(C)c2ccnc(Cl)c2)c1. The number of methoxy groups -OCH3 is 1. The van der Waals surface area contributed by atoms with Crippen LogP contribution in [0.5, 0.6) is 5.75 Å². The fourth-order valence-electron chi connectivity index (χ4n) is 1.77. The van der Waals surface area contributed by atoms with Crippen molar-refractivity contribution in [1.29, 1.82) is 0 Å². The largest absolute Gasteiger partial charge is 0.497 e. The molecule has 1 aromatic carbocycles. The van der Waals surface area contributed by atoms with Crippen LogP contribution in [0.4, 0.5) is 5.69 Å². The van der Waals surface area contributed by atoms with E-state index in [1.165, 1.54) is 5.56 Å². The highest BCUT2D eigenvalue weighted by Crippen LogP contribution is 2.19. The second-order valence-corrected chi connectivity index (χ2v) is 4.43. The lowest BCUT2D eigenvalue weighted by molar-refractivity contribution is 0.414. The van der Waals surface area contributed by atoms with Crippen LogP contribution in [-0.4, -0.2) is 19.1 Å². The lowest BCUT2D eigenvalue weighted by Gasteiger charge is -2.19. The van der Waals surface area contributed by atoms with Crippen LogP contribution in [0.15, 0.2) is 42.6 Å². The maximum atomic E-state index is 5.88. The van der Waals surface area contributed by atoms with Gasteiger partial charge in [-0.25, -0.2) is 4.98 Å². The van der Waals surface area contributed by atoms with E-state index >= 15 is 0 Å². The zero-order valence-corrected chi connectivity index (χ0v) is 11.2. The van der Waals surface area contributed by atoms with E-state index in [4.69, 9.17) is 16.3 Å². The van der Waals surface area contributed by atoms with Crippen LogP contribution in [0.3, 0.4) is 0 Å². The van der Waals surface area contributed by atoms with Crippen molar-refractivity contribution in [2.75, 3.05) is 19.1 Å². The summed E-state index contributed by atoms with van der Waals surface area (Å²) in [7, 11) is 3.69. The summed E-state index contributed by atoms with van der Waals surface area (Å²) < 4.78 is 5.21. The smallest absolute Gasteiger partial charge is 0.131 e. The van der Waals surface area contributed by atoms with Crippen LogP contribution in [0, 0.1) is 0 Å². The van der Waals surface area contributed by atoms with Gasteiger partial charge in [-0.2, -0.15) is 0 Å². The Morgan fingerprint density at radius 3 is 2.83 bits per heavy atom. The standard InChI is InChI=1S/C14H15ClN2O/c1-17(12-6-7-16-14(15)9-12)10-11-4-3-5-13(8-11)18-2/h3-9H,10H2,1-2H3. The van der Waals surface area contributed by atoms with E-state index < -0.39 is 0 Å². The van der Waals surface area contributed by atoms with Crippen molar-refractivity contribution < 1.29 is 4.74 Å². The van der Waals surface area contributed by atoms with Crippen LogP contribution >= 0.6 is 11.6 Å². The van der Waals surface area contributed by atoms with E-state index in [-0.39, 0.29) is 0 Å². The molecule has 0 unspecified atom stereocenters. The van der Waals surface area contributed by atoms with Gasteiger partial charge in [-0.15, -0.1) is 0 Å². The molecule has 0 fully saturated rings. The van der Waals surface area contributed by atoms with Crippen LogP contribution in [0.25, 0.3) is 0 Å². The molecule has 0 spiro atoms. The van der Waals surface area contributed by atoms with Crippen molar-refractivity contribution in [3.8, 4) is 5.75 Å². The third-order valence-corrected chi connectivity index (χ3v) is 2.91. The van der Waals surface area contributed by atoms with Gasteiger partial charge in [-0.3, -0.25) is 0 Å². The van der Waals surface area contributed by atoms with E-state index in [0.29, 0.717) is 5.15 Å². The number of nitrogens with zero attached hydrogens (tertiary/aromatic N) is 2. The van der Waals surface area contributed by atoms with E-state index in [2.05, 4.69) is 16.0 Å². The molecule has 0 saturated heterocycles. The van der Waals surface area contributed by atoms with Gasteiger partial charge in [-0.05, 0) is 29.8 Å². The van der Waals surface area contributed by atoms with Crippen molar-refractivity contribution >= 4 is 17.3 Å². The Kier molecular flexibility index (Phi) is 4.05. The third-order valence-electron chi connectivity index (χ3n) is 2.70. The summed E-state index contributed by atoms with van der Waals surface area (Å²) in [6.07, 6.45) is 1.71. The van der Waals surface area contributed by atoms with Gasteiger partial charge < -0.3 is 9.64 Å². The van der Waals surface area contributed by atoms with Crippen molar-refractivity contribution in [2.45, 2.75) is 6.54 Å². The molecule has 0 atom stereocenters. The summed E-state index contributed by atoms with van der Waals surface area (Å²) >= 11 is 5.88. The highest BCUT2D eigenvalue weighted by Gasteiger charge is 2.04. The lowest BCUT2D eigenvalue weighted by atomic mass is 10.2. The van der Waals surface area contributed by atoms with Gasteiger partial charge in [0.1, 0.15) is 10.9 Å². The van der Waals surface area contributed by atoms with Crippen molar-refractivity contribution in [3.05, 3.63) is 53.3 Å². The van der Waals surface area contributed by atoms with Crippen molar-refractivity contribution in [3.63, 3.8) is 0 Å². The summed E-state index contributed by atoms with van der Waals surface area (Å²) in [5.41, 5.74) is 2.22. The molecule has 2 rings (SSSR count). The van der Waals surface area contributed by atoms with Gasteiger partial charge in [0.25, 0.3) is 0 Å². The molecule has 94 valence electrons. The predicted molar refractivity (Wildman–Crippen MR) is 74.3 cm³/mol. The van der Waals surface area contributed by atoms with Crippen LogP contribution < -0.4 is 9.64 Å². The summed E-state index contributed by atoms with van der Waals surface area (Å²) in [5, 5.41) is 0.505. The molecule has 0 aliphatic heterocycles. The highest BCUT2D eigenvalue weighted by molar-refractivity contribution is 6.29. The number of hydrogen-bond acceptors (Lipinski definition) is 3. The Morgan fingerprint density at radius 1 is 1.28 bits per heavy atom. The fraction of sp³-hybridized carbons (Fsp3) is 0.214. The van der Waals surface area contributed by atoms with Crippen LogP contribution in [-0.2, 0) is 6.54 Å². The zero-order valence-electron chi connectivity index (χ0n) is 10.4. The first-order valence-electron chi connectivity index (χ1n) is 5.64. The van der Waals surface area contributed by atoms with E-state index in [0.717, 1.165) is 18.0 Å². The van der Waals surface area contributed by atoms with Crippen molar-refractivity contribution in [2.24, 2.45) is 0 Å². The molecule has 0 aliphatic carbocycles. The molecule has 0 aliphatic rings. The number of aromatic nitrogens is 1. The third kappa shape index (κ3) is 3.14. The molecule has 1 aromatic heterocycles. The van der Waals surface area contributed by atoms with Gasteiger partial charge in [0.2, 0.25) is 0 Å². The summed E-state index contributed by atoms with van der Waals surface area (Å²) in [6.45, 7) is 0.789. The number of pyridine rings is 1. The summed E-state index contributed by atoms with van der Waals surface area (Å²) in [6, 6.07) is 11.8. The normalized spacial score (nSPS) is 10.2. The maximum Gasteiger partial charge on any atom is 0.131 e. The Hall–Kier alpha value is -1.74. The first-order valence-corrected chi connectivity index (χ1v) is 6.02. The molecule has 0 N–H and O–H groups in total. The second kappa shape index (κ2) is 5.74. The van der Waals surface area contributed by atoms with Gasteiger partial charge in [-0.1, -0.05) is 23.7 Å². The topological polar surface area (TPSA) is 25.4 Å². The highest BCUT2D eigenvalue weighted by atomic mass is 35.5. The van der Waals surface area contributed by atoms with E-state index in [1.807, 2.05) is 37.4 Å². The first kappa shape index (κ1) is 12.7. The quantitative estimate of drug-likeness (QED) is 0.790. The van der Waals surface area contributed by atoms with Crippen molar-refractivity contribution in [1.82, 2.24) is 4.98 Å². The molecule has 1 heterocycles. The molecule has 0 saturated carbocycles. The van der Waals surface area contributed by atoms with Gasteiger partial charge >= 0.3 is 0 Å². The van der Waals surface area contributed by atoms with Gasteiger partial charge in [0.15, 0.2) is 0 Å². The maximum absolute atomic E-state index is 5.88. The molecule has 2 aromatic rings. The molecule has 0 bridgehead atoms. The summed E-state index contributed by atoms with van der Waals surface area (Å²) in [5.74, 6) is 0.869. The monoisotopic (exact) mass is 262 g/mol. The Bertz CT molecular complexity index is 531. The summed E-state index contributed by atoms with van der Waals surface area (Å²) in [4.78, 5) is 6.09. The molecule has 0 amide bonds. The molecule has 4 heteroatoms. The number of anilines is 1. The molecular weight excluding hydrogens is 248 g/mol. The van der Waals surface area contributed by atoms with E-state index in [9.17, 15) is 0 Å². The number of halogens is 1. The average molecular weight is 263 g/mol. The first-order chi connectivity index (χ1) is 8.69. The number of hydrogen-bond donors (Lipinski definition) is 0. The van der Waals surface area contributed by atoms with Gasteiger partial charge in [0.05, 0.1) is 7.11 Å². The minimum Gasteiger partial charge on any atom is -0.497 e. The van der Waals surface area contributed by atoms with Gasteiger partial charge in [0, 0.05) is 25.5 Å². The van der Waals surface area contributed by atoms with E-state index in [1.54, 1.807) is 13.3 Å². The number of benzene rings is 1. The Balaban J connectivity index is 2.13. The average Bonchev–Trinajstić information content (AvgIpc) is 2.39. The predicted octanol–water partition coefficient (Wildman–Crippen LogP) is 3.38. The minimum absolute atomic E-state index is 0.505. The fourth-order valence-corrected chi connectivity index (χ4v) is 1.93. The number of ether oxygens (including phenoxy) is 1. The zero-order chi connectivity index (χ0) is 13.0. The molecule has 18 heavy (non-hydrogen) atoms. The van der Waals surface area contributed by atoms with Crippen LogP contribution in [0.1, 0.15) is 5.56 Å². The minimum atomic E-state index is 0.505. The van der Waals surface area contributed by atoms with Crippen LogP contribution in [0.2, 0.25) is 5.15 Å². The Labute approximate surface area is 112 Å². The Morgan fingerprint density at radius 2 is 2.11 bits per heavy atom. The lowest BCUT2D eigenvalue weighted by Crippen LogP contribution is -2.16. The molecule has 3 nitrogen and oxygen atoms in total. The second-order valence-electron chi connectivity index (χ2n) is 4.04. The molecule has 0 radical (unpaired) electrons. The molecular formula is C14H15ClN2O. The number of rotatable bonds is 4.